The molecular weight excluding hydrogens is 426 g/mol. The van der Waals surface area contributed by atoms with Crippen molar-refractivity contribution in [3.05, 3.63) is 136 Å². The van der Waals surface area contributed by atoms with Crippen LogP contribution < -0.4 is 16.4 Å². The summed E-state index contributed by atoms with van der Waals surface area (Å²) in [7, 11) is 1.50. The van der Waals surface area contributed by atoms with E-state index in [1.54, 1.807) is 0 Å². The maximum absolute atomic E-state index is 4.54. The Hall–Kier alpha value is -3.56. The Bertz CT molecular complexity index is 1300. The van der Waals surface area contributed by atoms with E-state index >= 15 is 0 Å². The number of hydrogen-bond acceptors (Lipinski definition) is 3. The molecule has 3 nitrogen and oxygen atoms in total. The quantitative estimate of drug-likeness (QED) is 0.525. The summed E-state index contributed by atoms with van der Waals surface area (Å²) in [6, 6.07) is 9.21. The second kappa shape index (κ2) is 9.24. The molecule has 35 heavy (non-hydrogen) atoms. The Morgan fingerprint density at radius 2 is 1.89 bits per heavy atom. The second-order valence-electron chi connectivity index (χ2n) is 9.92. The summed E-state index contributed by atoms with van der Waals surface area (Å²) in [6.07, 6.45) is 23.8. The maximum atomic E-state index is 4.54. The molecule has 1 aromatic carbocycles. The molecule has 0 aromatic heterocycles. The van der Waals surface area contributed by atoms with E-state index in [0.717, 1.165) is 18.4 Å². The minimum absolute atomic E-state index is 0.0207. The summed E-state index contributed by atoms with van der Waals surface area (Å²) in [6.45, 7) is 9.29. The fourth-order valence-corrected chi connectivity index (χ4v) is 6.04. The highest BCUT2D eigenvalue weighted by atomic mass is 15.0. The third-order valence-corrected chi connectivity index (χ3v) is 7.68. The first-order valence-corrected chi connectivity index (χ1v) is 12.5. The van der Waals surface area contributed by atoms with Crippen molar-refractivity contribution < 1.29 is 0 Å². The molecule has 0 fully saturated rings. The first-order chi connectivity index (χ1) is 17.1. The van der Waals surface area contributed by atoms with Crippen molar-refractivity contribution in [2.24, 2.45) is 5.73 Å². The number of fused-ring (bicyclic) bond motifs is 3. The third kappa shape index (κ3) is 3.81. The van der Waals surface area contributed by atoms with Crippen LogP contribution in [0.5, 0.6) is 0 Å². The van der Waals surface area contributed by atoms with Gasteiger partial charge in [-0.15, -0.1) is 0 Å². The summed E-state index contributed by atoms with van der Waals surface area (Å²) in [5.74, 6) is 0. The van der Waals surface area contributed by atoms with Crippen LogP contribution in [0.15, 0.2) is 125 Å². The minimum Gasteiger partial charge on any atom is -0.381 e. The van der Waals surface area contributed by atoms with Crippen LogP contribution in [0.25, 0.3) is 5.57 Å². The monoisotopic (exact) mass is 461 g/mol. The SMILES string of the molecule is C=C1/C=C\C=C/NC(C2=CC=CC2NC2=CCC=C2)C2=C1C1=C(C2)C(C)(C)c2ccccc21.CN. The van der Waals surface area contributed by atoms with E-state index in [-0.39, 0.29) is 17.5 Å². The van der Waals surface area contributed by atoms with Gasteiger partial charge in [0.2, 0.25) is 0 Å². The van der Waals surface area contributed by atoms with Gasteiger partial charge >= 0.3 is 0 Å². The number of rotatable bonds is 3. The van der Waals surface area contributed by atoms with E-state index in [1.165, 1.54) is 51.7 Å². The molecule has 1 heterocycles. The molecule has 5 aliphatic rings. The van der Waals surface area contributed by atoms with Gasteiger partial charge in [-0.05, 0) is 82.8 Å². The van der Waals surface area contributed by atoms with Gasteiger partial charge in [0.05, 0.1) is 12.1 Å². The van der Waals surface area contributed by atoms with Crippen LogP contribution in [0.2, 0.25) is 0 Å². The van der Waals surface area contributed by atoms with Crippen molar-refractivity contribution in [2.75, 3.05) is 7.05 Å². The van der Waals surface area contributed by atoms with E-state index in [4.69, 9.17) is 0 Å². The van der Waals surface area contributed by atoms with Crippen LogP contribution in [0.1, 0.15) is 37.8 Å². The third-order valence-electron chi connectivity index (χ3n) is 7.68. The molecule has 0 spiro atoms. The molecule has 4 N–H and O–H groups in total. The molecule has 4 aliphatic carbocycles. The van der Waals surface area contributed by atoms with E-state index in [9.17, 15) is 0 Å². The highest BCUT2D eigenvalue weighted by Crippen LogP contribution is 2.57. The lowest BCUT2D eigenvalue weighted by Gasteiger charge is -2.30. The summed E-state index contributed by atoms with van der Waals surface area (Å²) < 4.78 is 0. The van der Waals surface area contributed by atoms with Crippen molar-refractivity contribution in [3.63, 3.8) is 0 Å². The summed E-state index contributed by atoms with van der Waals surface area (Å²) in [5.41, 5.74) is 16.7. The smallest absolute Gasteiger partial charge is 0.0720 e. The number of nitrogens with one attached hydrogen (secondary N) is 2. The molecule has 3 heteroatoms. The van der Waals surface area contributed by atoms with Crippen LogP contribution in [0.3, 0.4) is 0 Å². The van der Waals surface area contributed by atoms with Gasteiger partial charge in [0, 0.05) is 11.1 Å². The second-order valence-corrected chi connectivity index (χ2v) is 9.92. The lowest BCUT2D eigenvalue weighted by Crippen LogP contribution is -2.38. The van der Waals surface area contributed by atoms with Crippen LogP contribution >= 0.6 is 0 Å². The van der Waals surface area contributed by atoms with Gasteiger partial charge in [0.25, 0.3) is 0 Å². The van der Waals surface area contributed by atoms with Crippen molar-refractivity contribution in [2.45, 2.75) is 44.2 Å². The molecule has 2 unspecified atom stereocenters. The lowest BCUT2D eigenvalue weighted by molar-refractivity contribution is 0.603. The molecule has 0 saturated carbocycles. The Morgan fingerprint density at radius 1 is 1.06 bits per heavy atom. The largest absolute Gasteiger partial charge is 0.381 e. The molecule has 6 rings (SSSR count). The number of allylic oxidation sites excluding steroid dienone is 12. The number of nitrogens with two attached hydrogens (primary N) is 1. The summed E-state index contributed by atoms with van der Waals surface area (Å²) in [4.78, 5) is 0. The average molecular weight is 462 g/mol. The topological polar surface area (TPSA) is 50.1 Å². The Balaban J connectivity index is 0.00000124. The first-order valence-electron chi connectivity index (χ1n) is 12.5. The molecule has 178 valence electrons. The molecule has 0 bridgehead atoms. The standard InChI is InChI=1S/C31H30N2.CH5N/c1-20-11-8-9-18-32-30(23-15-10-17-27(23)33-21-12-4-5-13-21)24-19-26-29(28(20)24)22-14-6-7-16-25(22)31(26,2)3;1-2/h4,6-18,27,30,32-33H,1,5,19H2,2-3H3;2H2,1H3/b11-8-,18-9-;. The van der Waals surface area contributed by atoms with Crippen LogP contribution in [0, 0.1) is 0 Å². The molecule has 1 aromatic rings. The predicted molar refractivity (Wildman–Crippen MR) is 148 cm³/mol. The molecule has 1 aliphatic heterocycles. The van der Waals surface area contributed by atoms with Crippen molar-refractivity contribution in [3.8, 4) is 0 Å². The minimum atomic E-state index is 0.0207. The van der Waals surface area contributed by atoms with Gasteiger partial charge < -0.3 is 16.4 Å². The molecule has 2 atom stereocenters. The van der Waals surface area contributed by atoms with Gasteiger partial charge in [0.15, 0.2) is 0 Å². The molecule has 0 saturated heterocycles. The first kappa shape index (κ1) is 23.2. The van der Waals surface area contributed by atoms with E-state index < -0.39 is 0 Å². The summed E-state index contributed by atoms with van der Waals surface area (Å²) in [5, 5.41) is 7.48. The van der Waals surface area contributed by atoms with Gasteiger partial charge in [-0.25, -0.2) is 0 Å². The number of benzene rings is 1. The van der Waals surface area contributed by atoms with E-state index in [2.05, 4.69) is 122 Å². The van der Waals surface area contributed by atoms with Gasteiger partial charge in [-0.3, -0.25) is 0 Å². The molecule has 0 amide bonds. The number of hydrogen-bond donors (Lipinski definition) is 3. The highest BCUT2D eigenvalue weighted by Gasteiger charge is 2.45. The van der Waals surface area contributed by atoms with Crippen LogP contribution in [-0.2, 0) is 5.41 Å². The zero-order valence-corrected chi connectivity index (χ0v) is 20.9. The van der Waals surface area contributed by atoms with E-state index in [1.807, 2.05) is 0 Å². The van der Waals surface area contributed by atoms with Gasteiger partial charge in [-0.1, -0.05) is 87.2 Å². The zero-order chi connectivity index (χ0) is 24.6. The van der Waals surface area contributed by atoms with Gasteiger partial charge in [-0.2, -0.15) is 0 Å². The normalized spacial score (nSPS) is 26.9. The fraction of sp³-hybridized carbons (Fsp3) is 0.250. The Morgan fingerprint density at radius 3 is 2.69 bits per heavy atom. The van der Waals surface area contributed by atoms with Gasteiger partial charge in [0.1, 0.15) is 0 Å². The Kier molecular flexibility index (Phi) is 6.12. The zero-order valence-electron chi connectivity index (χ0n) is 20.9. The molecular formula is C32H35N3. The fourth-order valence-electron chi connectivity index (χ4n) is 6.04. The predicted octanol–water partition coefficient (Wildman–Crippen LogP) is 5.90. The Labute approximate surface area is 209 Å². The van der Waals surface area contributed by atoms with Crippen molar-refractivity contribution in [1.82, 2.24) is 10.6 Å². The molecule has 0 radical (unpaired) electrons. The summed E-state index contributed by atoms with van der Waals surface area (Å²) >= 11 is 0. The lowest BCUT2D eigenvalue weighted by atomic mass is 9.78. The van der Waals surface area contributed by atoms with Crippen molar-refractivity contribution in [1.29, 1.82) is 0 Å². The van der Waals surface area contributed by atoms with Crippen LogP contribution in [0.4, 0.5) is 0 Å². The average Bonchev–Trinajstić information content (AvgIpc) is 3.65. The van der Waals surface area contributed by atoms with Crippen molar-refractivity contribution >= 4 is 5.57 Å². The van der Waals surface area contributed by atoms with Crippen LogP contribution in [-0.4, -0.2) is 19.1 Å². The maximum Gasteiger partial charge on any atom is 0.0720 e. The highest BCUT2D eigenvalue weighted by molar-refractivity contribution is 5.97. The van der Waals surface area contributed by atoms with E-state index in [0.29, 0.717) is 0 Å².